The number of benzene rings is 1. The van der Waals surface area contributed by atoms with Gasteiger partial charge in [0.2, 0.25) is 0 Å². The molecule has 0 amide bonds. The lowest BCUT2D eigenvalue weighted by atomic mass is 9.87. The minimum atomic E-state index is 0.429. The summed E-state index contributed by atoms with van der Waals surface area (Å²) >= 11 is 0. The van der Waals surface area contributed by atoms with E-state index in [9.17, 15) is 0 Å². The first-order valence-electron chi connectivity index (χ1n) is 9.43. The Balaban J connectivity index is 1.45. The Labute approximate surface area is 150 Å². The molecule has 1 fully saturated rings. The highest BCUT2D eigenvalue weighted by Gasteiger charge is 2.20. The van der Waals surface area contributed by atoms with Crippen LogP contribution in [-0.4, -0.2) is 25.2 Å². The van der Waals surface area contributed by atoms with Crippen LogP contribution in [0, 0.1) is 0 Å². The molecule has 1 aliphatic heterocycles. The number of methoxy groups -OCH3 is 1. The molecule has 1 atom stereocenters. The SMILES string of the molecule is COc1ccc2c(c1)CCCC2NCc1ccnc(N2CCCC2)c1. The highest BCUT2D eigenvalue weighted by molar-refractivity contribution is 5.42. The Kier molecular flexibility index (Phi) is 4.88. The van der Waals surface area contributed by atoms with Crippen LogP contribution in [0.5, 0.6) is 5.75 Å². The zero-order valence-electron chi connectivity index (χ0n) is 15.0. The Hall–Kier alpha value is -2.07. The molecular weight excluding hydrogens is 310 g/mol. The maximum absolute atomic E-state index is 5.37. The van der Waals surface area contributed by atoms with Gasteiger partial charge < -0.3 is 15.0 Å². The number of aromatic nitrogens is 1. The largest absolute Gasteiger partial charge is 0.497 e. The summed E-state index contributed by atoms with van der Waals surface area (Å²) in [5.41, 5.74) is 4.17. The summed E-state index contributed by atoms with van der Waals surface area (Å²) in [5.74, 6) is 2.09. The van der Waals surface area contributed by atoms with Crippen molar-refractivity contribution in [2.75, 3.05) is 25.1 Å². The summed E-state index contributed by atoms with van der Waals surface area (Å²) < 4.78 is 5.37. The molecule has 132 valence electrons. The number of ether oxygens (including phenoxy) is 1. The van der Waals surface area contributed by atoms with Gasteiger partial charge in [0.05, 0.1) is 7.11 Å². The van der Waals surface area contributed by atoms with Gasteiger partial charge in [-0.05, 0) is 73.1 Å². The van der Waals surface area contributed by atoms with Crippen LogP contribution in [0.25, 0.3) is 0 Å². The normalized spacial score (nSPS) is 19.7. The molecule has 2 aromatic rings. The Morgan fingerprint density at radius 2 is 2.04 bits per heavy atom. The summed E-state index contributed by atoms with van der Waals surface area (Å²) in [7, 11) is 1.74. The van der Waals surface area contributed by atoms with E-state index in [-0.39, 0.29) is 0 Å². The maximum Gasteiger partial charge on any atom is 0.128 e. The van der Waals surface area contributed by atoms with Gasteiger partial charge in [0, 0.05) is 31.9 Å². The number of nitrogens with one attached hydrogen (secondary N) is 1. The molecule has 0 saturated carbocycles. The number of aryl methyl sites for hydroxylation is 1. The molecule has 4 heteroatoms. The van der Waals surface area contributed by atoms with Crippen molar-refractivity contribution < 1.29 is 4.74 Å². The van der Waals surface area contributed by atoms with E-state index in [2.05, 4.69) is 45.5 Å². The summed E-state index contributed by atoms with van der Waals surface area (Å²) in [6, 6.07) is 11.3. The minimum absolute atomic E-state index is 0.429. The molecule has 25 heavy (non-hydrogen) atoms. The number of nitrogens with zero attached hydrogens (tertiary/aromatic N) is 2. The molecular formula is C21H27N3O. The molecule has 0 radical (unpaired) electrons. The van der Waals surface area contributed by atoms with Gasteiger partial charge in [0.25, 0.3) is 0 Å². The predicted octanol–water partition coefficient (Wildman–Crippen LogP) is 3.86. The number of fused-ring (bicyclic) bond motifs is 1. The number of anilines is 1. The minimum Gasteiger partial charge on any atom is -0.497 e. The lowest BCUT2D eigenvalue weighted by Gasteiger charge is -2.27. The van der Waals surface area contributed by atoms with E-state index in [1.807, 2.05) is 6.20 Å². The van der Waals surface area contributed by atoms with Crippen LogP contribution in [-0.2, 0) is 13.0 Å². The summed E-state index contributed by atoms with van der Waals surface area (Å²) in [5, 5.41) is 3.76. The first-order valence-corrected chi connectivity index (χ1v) is 9.43. The number of hydrogen-bond donors (Lipinski definition) is 1. The average Bonchev–Trinajstić information content (AvgIpc) is 3.21. The first kappa shape index (κ1) is 16.4. The van der Waals surface area contributed by atoms with Gasteiger partial charge in [0.1, 0.15) is 11.6 Å². The maximum atomic E-state index is 5.37. The van der Waals surface area contributed by atoms with Gasteiger partial charge in [-0.2, -0.15) is 0 Å². The van der Waals surface area contributed by atoms with Crippen LogP contribution in [0.15, 0.2) is 36.5 Å². The van der Waals surface area contributed by atoms with Crippen molar-refractivity contribution in [1.82, 2.24) is 10.3 Å². The third-order valence-electron chi connectivity index (χ3n) is 5.46. The van der Waals surface area contributed by atoms with Gasteiger partial charge in [-0.1, -0.05) is 6.07 Å². The fourth-order valence-electron chi connectivity index (χ4n) is 4.06. The third-order valence-corrected chi connectivity index (χ3v) is 5.46. The molecule has 0 spiro atoms. The quantitative estimate of drug-likeness (QED) is 0.899. The van der Waals surface area contributed by atoms with Crippen molar-refractivity contribution in [2.24, 2.45) is 0 Å². The molecule has 4 rings (SSSR count). The Bertz CT molecular complexity index is 725. The third kappa shape index (κ3) is 3.64. The van der Waals surface area contributed by atoms with E-state index in [4.69, 9.17) is 4.74 Å². The van der Waals surface area contributed by atoms with Crippen LogP contribution in [0.3, 0.4) is 0 Å². The second kappa shape index (κ2) is 7.44. The van der Waals surface area contributed by atoms with E-state index in [0.717, 1.165) is 37.6 Å². The summed E-state index contributed by atoms with van der Waals surface area (Å²) in [6.07, 6.45) is 8.10. The molecule has 0 bridgehead atoms. The molecule has 2 heterocycles. The van der Waals surface area contributed by atoms with Crippen LogP contribution < -0.4 is 15.0 Å². The molecule has 1 unspecified atom stereocenters. The average molecular weight is 337 g/mol. The lowest BCUT2D eigenvalue weighted by molar-refractivity contribution is 0.410. The van der Waals surface area contributed by atoms with Crippen molar-refractivity contribution in [1.29, 1.82) is 0 Å². The highest BCUT2D eigenvalue weighted by Crippen LogP contribution is 2.32. The van der Waals surface area contributed by atoms with E-state index >= 15 is 0 Å². The van der Waals surface area contributed by atoms with E-state index in [0.29, 0.717) is 6.04 Å². The predicted molar refractivity (Wildman–Crippen MR) is 101 cm³/mol. The molecule has 1 aliphatic carbocycles. The van der Waals surface area contributed by atoms with Crippen molar-refractivity contribution in [3.8, 4) is 5.75 Å². The standard InChI is InChI=1S/C21H27N3O/c1-25-18-7-8-19-17(14-18)5-4-6-20(19)23-15-16-9-10-22-21(13-16)24-11-2-3-12-24/h7-10,13-14,20,23H,2-6,11-12,15H2,1H3. The Morgan fingerprint density at radius 1 is 1.16 bits per heavy atom. The molecule has 1 saturated heterocycles. The highest BCUT2D eigenvalue weighted by atomic mass is 16.5. The van der Waals surface area contributed by atoms with Crippen LogP contribution in [0.4, 0.5) is 5.82 Å². The topological polar surface area (TPSA) is 37.4 Å². The molecule has 2 aliphatic rings. The van der Waals surface area contributed by atoms with Gasteiger partial charge in [-0.25, -0.2) is 4.98 Å². The summed E-state index contributed by atoms with van der Waals surface area (Å²) in [4.78, 5) is 6.95. The number of hydrogen-bond acceptors (Lipinski definition) is 4. The van der Waals surface area contributed by atoms with Crippen molar-refractivity contribution in [3.05, 3.63) is 53.2 Å². The molecule has 1 N–H and O–H groups in total. The van der Waals surface area contributed by atoms with Crippen LogP contribution in [0.2, 0.25) is 0 Å². The van der Waals surface area contributed by atoms with Crippen molar-refractivity contribution in [3.63, 3.8) is 0 Å². The Morgan fingerprint density at radius 3 is 2.88 bits per heavy atom. The fourth-order valence-corrected chi connectivity index (χ4v) is 4.06. The van der Waals surface area contributed by atoms with Crippen molar-refractivity contribution >= 4 is 5.82 Å². The van der Waals surface area contributed by atoms with Gasteiger partial charge in [-0.15, -0.1) is 0 Å². The smallest absolute Gasteiger partial charge is 0.128 e. The lowest BCUT2D eigenvalue weighted by Crippen LogP contribution is -2.25. The second-order valence-electron chi connectivity index (χ2n) is 7.11. The van der Waals surface area contributed by atoms with Crippen LogP contribution >= 0.6 is 0 Å². The van der Waals surface area contributed by atoms with Crippen molar-refractivity contribution in [2.45, 2.75) is 44.7 Å². The molecule has 1 aromatic heterocycles. The summed E-state index contributed by atoms with van der Waals surface area (Å²) in [6.45, 7) is 3.17. The van der Waals surface area contributed by atoms with Crippen LogP contribution in [0.1, 0.15) is 48.4 Å². The van der Waals surface area contributed by atoms with Gasteiger partial charge in [0.15, 0.2) is 0 Å². The van der Waals surface area contributed by atoms with E-state index < -0.39 is 0 Å². The zero-order valence-corrected chi connectivity index (χ0v) is 15.0. The molecule has 4 nitrogen and oxygen atoms in total. The van der Waals surface area contributed by atoms with Gasteiger partial charge >= 0.3 is 0 Å². The first-order chi connectivity index (χ1) is 12.3. The number of pyridine rings is 1. The van der Waals surface area contributed by atoms with E-state index in [1.54, 1.807) is 7.11 Å². The fraction of sp³-hybridized carbons (Fsp3) is 0.476. The van der Waals surface area contributed by atoms with E-state index in [1.165, 1.54) is 42.4 Å². The number of rotatable bonds is 5. The second-order valence-corrected chi connectivity index (χ2v) is 7.11. The van der Waals surface area contributed by atoms with Gasteiger partial charge in [-0.3, -0.25) is 0 Å². The molecule has 1 aromatic carbocycles. The zero-order chi connectivity index (χ0) is 17.1. The monoisotopic (exact) mass is 337 g/mol.